The fourth-order valence-corrected chi connectivity index (χ4v) is 5.50. The van der Waals surface area contributed by atoms with E-state index in [2.05, 4.69) is 41.2 Å². The smallest absolute Gasteiger partial charge is 0.242 e. The molecule has 0 radical (unpaired) electrons. The molecule has 1 aromatic carbocycles. The van der Waals surface area contributed by atoms with Crippen LogP contribution in [0.1, 0.15) is 43.2 Å². The van der Waals surface area contributed by atoms with Gasteiger partial charge in [-0.15, -0.1) is 0 Å². The van der Waals surface area contributed by atoms with Crippen LogP contribution < -0.4 is 5.32 Å². The van der Waals surface area contributed by atoms with Crippen molar-refractivity contribution < 1.29 is 23.4 Å². The Hall–Kier alpha value is -2.16. The SMILES string of the molecule is Cc1cc2cnc(NC(=O)C3CC3C(F)F)cc2cc1C1CCN([C@]2(C)COC[C@@H]2O)CC1. The molecule has 0 spiro atoms. The number of hydrogen-bond acceptors (Lipinski definition) is 5. The number of fused-ring (bicyclic) bond motifs is 1. The van der Waals surface area contributed by atoms with E-state index in [0.29, 0.717) is 24.9 Å². The summed E-state index contributed by atoms with van der Waals surface area (Å²) in [5.41, 5.74) is 2.19. The third kappa shape index (κ3) is 4.24. The first-order valence-corrected chi connectivity index (χ1v) is 11.8. The lowest BCUT2D eigenvalue weighted by atomic mass is 9.83. The van der Waals surface area contributed by atoms with Gasteiger partial charge in [0.25, 0.3) is 0 Å². The highest BCUT2D eigenvalue weighted by molar-refractivity contribution is 5.95. The van der Waals surface area contributed by atoms with Gasteiger partial charge in [-0.25, -0.2) is 13.8 Å². The van der Waals surface area contributed by atoms with Crippen LogP contribution in [0.2, 0.25) is 0 Å². The molecule has 6 nitrogen and oxygen atoms in total. The summed E-state index contributed by atoms with van der Waals surface area (Å²) in [4.78, 5) is 18.9. The van der Waals surface area contributed by atoms with Gasteiger partial charge in [-0.05, 0) is 80.8 Å². The maximum Gasteiger partial charge on any atom is 0.242 e. The van der Waals surface area contributed by atoms with Crippen LogP contribution in [0.25, 0.3) is 10.8 Å². The number of carbonyl (C=O) groups excluding carboxylic acids is 1. The summed E-state index contributed by atoms with van der Waals surface area (Å²) in [5.74, 6) is -1.01. The number of piperidine rings is 1. The van der Waals surface area contributed by atoms with Crippen molar-refractivity contribution in [1.29, 1.82) is 0 Å². The summed E-state index contributed by atoms with van der Waals surface area (Å²) >= 11 is 0. The highest BCUT2D eigenvalue weighted by atomic mass is 19.3. The van der Waals surface area contributed by atoms with Crippen molar-refractivity contribution in [3.05, 3.63) is 35.5 Å². The van der Waals surface area contributed by atoms with Crippen molar-refractivity contribution in [2.24, 2.45) is 11.8 Å². The molecule has 0 bridgehead atoms. The van der Waals surface area contributed by atoms with Gasteiger partial charge < -0.3 is 15.2 Å². The monoisotopic (exact) mass is 459 g/mol. The third-order valence-corrected chi connectivity index (χ3v) is 7.90. The number of nitrogens with zero attached hydrogens (tertiary/aromatic N) is 2. The minimum atomic E-state index is -2.45. The van der Waals surface area contributed by atoms with Gasteiger partial charge in [0.05, 0.1) is 24.9 Å². The minimum absolute atomic E-state index is 0.237. The molecular weight excluding hydrogens is 428 g/mol. The zero-order chi connectivity index (χ0) is 23.3. The quantitative estimate of drug-likeness (QED) is 0.713. The van der Waals surface area contributed by atoms with Crippen molar-refractivity contribution in [3.8, 4) is 0 Å². The molecule has 4 atom stereocenters. The first kappa shape index (κ1) is 22.6. The summed E-state index contributed by atoms with van der Waals surface area (Å²) in [7, 11) is 0. The van der Waals surface area contributed by atoms with Gasteiger partial charge in [-0.2, -0.15) is 0 Å². The average Bonchev–Trinajstić information content (AvgIpc) is 3.54. The molecule has 2 aromatic rings. The maximum atomic E-state index is 12.8. The number of rotatable bonds is 5. The lowest BCUT2D eigenvalue weighted by Crippen LogP contribution is -2.56. The second-order valence-corrected chi connectivity index (χ2v) is 10.1. The molecule has 8 heteroatoms. The normalized spacial score (nSPS) is 30.8. The number of aromatic nitrogens is 1. The summed E-state index contributed by atoms with van der Waals surface area (Å²) in [6.07, 6.45) is 1.06. The van der Waals surface area contributed by atoms with Crippen LogP contribution in [0.15, 0.2) is 24.4 Å². The van der Waals surface area contributed by atoms with Crippen LogP contribution in [-0.2, 0) is 9.53 Å². The molecule has 1 aliphatic carbocycles. The summed E-state index contributed by atoms with van der Waals surface area (Å²) in [6.45, 7) is 6.97. The molecule has 178 valence electrons. The highest BCUT2D eigenvalue weighted by Crippen LogP contribution is 2.44. The van der Waals surface area contributed by atoms with Gasteiger partial charge in [0.15, 0.2) is 0 Å². The van der Waals surface area contributed by atoms with Crippen LogP contribution in [0.3, 0.4) is 0 Å². The van der Waals surface area contributed by atoms with Gasteiger partial charge in [0.1, 0.15) is 5.82 Å². The van der Waals surface area contributed by atoms with Gasteiger partial charge >= 0.3 is 0 Å². The van der Waals surface area contributed by atoms with E-state index in [-0.39, 0.29) is 17.9 Å². The molecule has 5 rings (SSSR count). The van der Waals surface area contributed by atoms with Crippen molar-refractivity contribution >= 4 is 22.5 Å². The van der Waals surface area contributed by atoms with E-state index in [1.165, 1.54) is 11.1 Å². The van der Waals surface area contributed by atoms with E-state index in [4.69, 9.17) is 4.74 Å². The Morgan fingerprint density at radius 2 is 2.03 bits per heavy atom. The summed E-state index contributed by atoms with van der Waals surface area (Å²) in [5, 5.41) is 15.1. The number of hydrogen-bond donors (Lipinski definition) is 2. The predicted octanol–water partition coefficient (Wildman–Crippen LogP) is 3.71. The number of anilines is 1. The number of benzene rings is 1. The molecule has 2 saturated heterocycles. The Labute approximate surface area is 192 Å². The van der Waals surface area contributed by atoms with Crippen LogP contribution in [0.4, 0.5) is 14.6 Å². The number of carbonyl (C=O) groups is 1. The van der Waals surface area contributed by atoms with E-state index >= 15 is 0 Å². The van der Waals surface area contributed by atoms with Crippen LogP contribution in [-0.4, -0.2) is 65.3 Å². The Bertz CT molecular complexity index is 1060. The summed E-state index contributed by atoms with van der Waals surface area (Å²) < 4.78 is 31.1. The lowest BCUT2D eigenvalue weighted by molar-refractivity contribution is -0.118. The standard InChI is InChI=1S/C25H31F2N3O3/c1-14-7-17-11-28-22(29-24(32)20-10-19(20)23(26)27)9-16(17)8-18(14)15-3-5-30(6-4-15)25(2)13-33-12-21(25)31/h7-9,11,15,19-21,23,31H,3-6,10,12-13H2,1-2H3,(H,28,29,32)/t19?,20?,21-,25+/m0/s1. The number of aryl methyl sites for hydroxylation is 1. The number of ether oxygens (including phenoxy) is 1. The average molecular weight is 460 g/mol. The Kier molecular flexibility index (Phi) is 5.87. The number of halogens is 2. The van der Waals surface area contributed by atoms with Crippen LogP contribution in [0.5, 0.6) is 0 Å². The number of alkyl halides is 2. The minimum Gasteiger partial charge on any atom is -0.389 e. The topological polar surface area (TPSA) is 74.7 Å². The molecule has 1 amide bonds. The van der Waals surface area contributed by atoms with Crippen molar-refractivity contribution in [2.45, 2.75) is 57.1 Å². The van der Waals surface area contributed by atoms with E-state index < -0.39 is 24.4 Å². The molecule has 1 aromatic heterocycles. The Morgan fingerprint density at radius 3 is 2.67 bits per heavy atom. The molecular formula is C25H31F2N3O3. The number of nitrogens with one attached hydrogen (secondary N) is 1. The number of amides is 1. The fourth-order valence-electron chi connectivity index (χ4n) is 5.50. The van der Waals surface area contributed by atoms with Gasteiger partial charge in [-0.1, -0.05) is 6.07 Å². The first-order valence-electron chi connectivity index (χ1n) is 11.8. The maximum absolute atomic E-state index is 12.8. The largest absolute Gasteiger partial charge is 0.389 e. The van der Waals surface area contributed by atoms with Crippen molar-refractivity contribution in [3.63, 3.8) is 0 Å². The number of pyridine rings is 1. The van der Waals surface area contributed by atoms with Gasteiger partial charge in [-0.3, -0.25) is 9.69 Å². The van der Waals surface area contributed by atoms with E-state index in [0.717, 1.165) is 36.7 Å². The van der Waals surface area contributed by atoms with Crippen LogP contribution >= 0.6 is 0 Å². The molecule has 2 unspecified atom stereocenters. The third-order valence-electron chi connectivity index (χ3n) is 7.90. The van der Waals surface area contributed by atoms with Gasteiger partial charge in [0, 0.05) is 23.4 Å². The number of aliphatic hydroxyl groups excluding tert-OH is 1. The van der Waals surface area contributed by atoms with E-state index in [9.17, 15) is 18.7 Å². The molecule has 2 N–H and O–H groups in total. The molecule has 33 heavy (non-hydrogen) atoms. The van der Waals surface area contributed by atoms with Gasteiger partial charge in [0.2, 0.25) is 12.3 Å². The molecule has 2 aliphatic heterocycles. The van der Waals surface area contributed by atoms with E-state index in [1.54, 1.807) is 6.20 Å². The van der Waals surface area contributed by atoms with E-state index in [1.807, 2.05) is 6.07 Å². The number of likely N-dealkylation sites (tertiary alicyclic amines) is 1. The number of aliphatic hydroxyl groups is 1. The predicted molar refractivity (Wildman–Crippen MR) is 121 cm³/mol. The second kappa shape index (κ2) is 8.56. The van der Waals surface area contributed by atoms with Crippen molar-refractivity contribution in [1.82, 2.24) is 9.88 Å². The highest BCUT2D eigenvalue weighted by Gasteiger charge is 2.49. The zero-order valence-corrected chi connectivity index (χ0v) is 19.1. The first-order chi connectivity index (χ1) is 15.8. The lowest BCUT2D eigenvalue weighted by Gasteiger charge is -2.44. The van der Waals surface area contributed by atoms with Crippen LogP contribution in [0, 0.1) is 18.8 Å². The molecule has 3 aliphatic rings. The molecule has 1 saturated carbocycles. The fraction of sp³-hybridized carbons (Fsp3) is 0.600. The Balaban J connectivity index is 1.30. The zero-order valence-electron chi connectivity index (χ0n) is 19.1. The molecule has 3 heterocycles. The van der Waals surface area contributed by atoms with Crippen molar-refractivity contribution in [2.75, 3.05) is 31.6 Å². The molecule has 3 fully saturated rings. The second-order valence-electron chi connectivity index (χ2n) is 10.1. The summed E-state index contributed by atoms with van der Waals surface area (Å²) in [6, 6.07) is 6.13. The Morgan fingerprint density at radius 1 is 1.27 bits per heavy atom.